The van der Waals surface area contributed by atoms with E-state index in [-0.39, 0.29) is 17.4 Å². The number of hydrogen-bond acceptors (Lipinski definition) is 2. The van der Waals surface area contributed by atoms with Gasteiger partial charge < -0.3 is 10.1 Å². The van der Waals surface area contributed by atoms with E-state index in [0.29, 0.717) is 6.42 Å². The van der Waals surface area contributed by atoms with Crippen molar-refractivity contribution < 1.29 is 9.53 Å². The van der Waals surface area contributed by atoms with E-state index >= 15 is 0 Å². The molecule has 2 aromatic carbocycles. The van der Waals surface area contributed by atoms with Gasteiger partial charge in [0.15, 0.2) is 0 Å². The van der Waals surface area contributed by atoms with Gasteiger partial charge in [-0.25, -0.2) is 0 Å². The SMILES string of the molecule is COc1ccc(C2CC(=O)NC2(C)C)c2ccccc12. The van der Waals surface area contributed by atoms with Crippen molar-refractivity contribution in [3.8, 4) is 5.75 Å². The summed E-state index contributed by atoms with van der Waals surface area (Å²) in [5.41, 5.74) is 0.999. The van der Waals surface area contributed by atoms with Crippen LogP contribution in [0.2, 0.25) is 0 Å². The quantitative estimate of drug-likeness (QED) is 0.909. The molecule has 0 spiro atoms. The first kappa shape index (κ1) is 13.0. The Morgan fingerprint density at radius 1 is 1.15 bits per heavy atom. The van der Waals surface area contributed by atoms with Gasteiger partial charge in [-0.05, 0) is 30.9 Å². The number of rotatable bonds is 2. The van der Waals surface area contributed by atoms with E-state index in [1.165, 1.54) is 10.9 Å². The maximum absolute atomic E-state index is 11.8. The molecule has 1 heterocycles. The van der Waals surface area contributed by atoms with E-state index in [2.05, 4.69) is 37.4 Å². The molecule has 2 aromatic rings. The zero-order valence-electron chi connectivity index (χ0n) is 12.1. The normalized spacial score (nSPS) is 20.9. The molecule has 1 amide bonds. The summed E-state index contributed by atoms with van der Waals surface area (Å²) >= 11 is 0. The Kier molecular flexibility index (Phi) is 2.93. The lowest BCUT2D eigenvalue weighted by Crippen LogP contribution is -2.38. The molecule has 104 valence electrons. The van der Waals surface area contributed by atoms with Crippen molar-refractivity contribution in [1.29, 1.82) is 0 Å². The molecule has 1 aliphatic heterocycles. The predicted molar refractivity (Wildman–Crippen MR) is 80.1 cm³/mol. The van der Waals surface area contributed by atoms with Crippen LogP contribution in [-0.2, 0) is 4.79 Å². The van der Waals surface area contributed by atoms with Crippen molar-refractivity contribution >= 4 is 16.7 Å². The lowest BCUT2D eigenvalue weighted by molar-refractivity contribution is -0.119. The van der Waals surface area contributed by atoms with Crippen LogP contribution in [-0.4, -0.2) is 18.6 Å². The van der Waals surface area contributed by atoms with Gasteiger partial charge in [0, 0.05) is 23.3 Å². The fraction of sp³-hybridized carbons (Fsp3) is 0.353. The Morgan fingerprint density at radius 3 is 2.45 bits per heavy atom. The Labute approximate surface area is 118 Å². The summed E-state index contributed by atoms with van der Waals surface area (Å²) in [6.45, 7) is 4.17. The highest BCUT2D eigenvalue weighted by Crippen LogP contribution is 2.41. The van der Waals surface area contributed by atoms with Crippen LogP contribution in [0.15, 0.2) is 36.4 Å². The van der Waals surface area contributed by atoms with Crippen LogP contribution < -0.4 is 10.1 Å². The monoisotopic (exact) mass is 269 g/mol. The minimum atomic E-state index is -0.214. The van der Waals surface area contributed by atoms with E-state index in [4.69, 9.17) is 4.74 Å². The van der Waals surface area contributed by atoms with Crippen LogP contribution >= 0.6 is 0 Å². The third kappa shape index (κ3) is 1.94. The van der Waals surface area contributed by atoms with Gasteiger partial charge in [-0.1, -0.05) is 30.3 Å². The second-order valence-corrected chi connectivity index (χ2v) is 5.93. The van der Waals surface area contributed by atoms with E-state index in [9.17, 15) is 4.79 Å². The third-order valence-corrected chi connectivity index (χ3v) is 4.24. The molecule has 0 bridgehead atoms. The number of nitrogens with one attached hydrogen (secondary N) is 1. The Hall–Kier alpha value is -2.03. The summed E-state index contributed by atoms with van der Waals surface area (Å²) in [5, 5.41) is 5.33. The third-order valence-electron chi connectivity index (χ3n) is 4.24. The molecule has 1 fully saturated rings. The summed E-state index contributed by atoms with van der Waals surface area (Å²) < 4.78 is 5.44. The number of methoxy groups -OCH3 is 1. The largest absolute Gasteiger partial charge is 0.496 e. The molecular weight excluding hydrogens is 250 g/mol. The van der Waals surface area contributed by atoms with E-state index in [0.717, 1.165) is 11.1 Å². The highest BCUT2D eigenvalue weighted by atomic mass is 16.5. The smallest absolute Gasteiger partial charge is 0.221 e. The molecule has 20 heavy (non-hydrogen) atoms. The van der Waals surface area contributed by atoms with Gasteiger partial charge in [-0.15, -0.1) is 0 Å². The number of fused-ring (bicyclic) bond motifs is 1. The topological polar surface area (TPSA) is 38.3 Å². The zero-order chi connectivity index (χ0) is 14.3. The summed E-state index contributed by atoms with van der Waals surface area (Å²) in [7, 11) is 1.69. The fourth-order valence-corrected chi connectivity index (χ4v) is 3.21. The number of carbonyl (C=O) groups excluding carboxylic acids is 1. The molecule has 1 N–H and O–H groups in total. The van der Waals surface area contributed by atoms with Crippen LogP contribution in [0.25, 0.3) is 10.8 Å². The summed E-state index contributed by atoms with van der Waals surface area (Å²) in [6.07, 6.45) is 0.545. The number of hydrogen-bond donors (Lipinski definition) is 1. The van der Waals surface area contributed by atoms with E-state index < -0.39 is 0 Å². The van der Waals surface area contributed by atoms with Crippen LogP contribution in [0.4, 0.5) is 0 Å². The fourth-order valence-electron chi connectivity index (χ4n) is 3.21. The molecule has 1 saturated heterocycles. The molecule has 1 unspecified atom stereocenters. The van der Waals surface area contributed by atoms with Gasteiger partial charge in [-0.3, -0.25) is 4.79 Å². The molecule has 3 rings (SSSR count). The number of benzene rings is 2. The van der Waals surface area contributed by atoms with Crippen molar-refractivity contribution in [3.63, 3.8) is 0 Å². The van der Waals surface area contributed by atoms with Gasteiger partial charge in [0.2, 0.25) is 5.91 Å². The molecular formula is C17H19NO2. The molecule has 1 atom stereocenters. The van der Waals surface area contributed by atoms with Crippen molar-refractivity contribution in [1.82, 2.24) is 5.32 Å². The van der Waals surface area contributed by atoms with Crippen molar-refractivity contribution in [2.24, 2.45) is 0 Å². The molecule has 3 nitrogen and oxygen atoms in total. The van der Waals surface area contributed by atoms with Crippen LogP contribution in [0.5, 0.6) is 5.75 Å². The van der Waals surface area contributed by atoms with E-state index in [1.54, 1.807) is 7.11 Å². The Balaban J connectivity index is 2.20. The average Bonchev–Trinajstić information content (AvgIpc) is 2.70. The summed E-state index contributed by atoms with van der Waals surface area (Å²) in [4.78, 5) is 11.8. The first-order valence-electron chi connectivity index (χ1n) is 6.89. The molecule has 1 aliphatic rings. The van der Waals surface area contributed by atoms with Crippen molar-refractivity contribution in [2.45, 2.75) is 31.7 Å². The Morgan fingerprint density at radius 2 is 1.85 bits per heavy atom. The van der Waals surface area contributed by atoms with Crippen molar-refractivity contribution in [2.75, 3.05) is 7.11 Å². The van der Waals surface area contributed by atoms with Crippen LogP contribution in [0, 0.1) is 0 Å². The minimum Gasteiger partial charge on any atom is -0.496 e. The number of carbonyl (C=O) groups is 1. The second-order valence-electron chi connectivity index (χ2n) is 5.93. The highest BCUT2D eigenvalue weighted by Gasteiger charge is 2.40. The summed E-state index contributed by atoms with van der Waals surface area (Å²) in [5.74, 6) is 1.19. The maximum Gasteiger partial charge on any atom is 0.221 e. The first-order chi connectivity index (χ1) is 9.53. The maximum atomic E-state index is 11.8. The second kappa shape index (κ2) is 4.51. The van der Waals surface area contributed by atoms with Crippen molar-refractivity contribution in [3.05, 3.63) is 42.0 Å². The predicted octanol–water partition coefficient (Wildman–Crippen LogP) is 3.23. The Bertz CT molecular complexity index is 676. The zero-order valence-corrected chi connectivity index (χ0v) is 12.1. The molecule has 0 radical (unpaired) electrons. The van der Waals surface area contributed by atoms with E-state index in [1.807, 2.05) is 18.2 Å². The van der Waals surface area contributed by atoms with Gasteiger partial charge in [0.05, 0.1) is 7.11 Å². The molecule has 0 aliphatic carbocycles. The van der Waals surface area contributed by atoms with Crippen LogP contribution in [0.1, 0.15) is 31.7 Å². The van der Waals surface area contributed by atoms with Crippen LogP contribution in [0.3, 0.4) is 0 Å². The lowest BCUT2D eigenvalue weighted by Gasteiger charge is -2.28. The standard InChI is InChI=1S/C17H19NO2/c1-17(2)14(10-16(19)18-17)12-8-9-15(20-3)13-7-5-4-6-11(12)13/h4-9,14H,10H2,1-3H3,(H,18,19). The summed E-state index contributed by atoms with van der Waals surface area (Å²) in [6, 6.07) is 12.3. The van der Waals surface area contributed by atoms with Gasteiger partial charge >= 0.3 is 0 Å². The lowest BCUT2D eigenvalue weighted by atomic mass is 9.81. The molecule has 3 heteroatoms. The number of amides is 1. The average molecular weight is 269 g/mol. The van der Waals surface area contributed by atoms with Gasteiger partial charge in [-0.2, -0.15) is 0 Å². The molecule has 0 saturated carbocycles. The van der Waals surface area contributed by atoms with Gasteiger partial charge in [0.25, 0.3) is 0 Å². The molecule has 0 aromatic heterocycles. The van der Waals surface area contributed by atoms with Gasteiger partial charge in [0.1, 0.15) is 5.75 Å². The number of ether oxygens (including phenoxy) is 1. The first-order valence-corrected chi connectivity index (χ1v) is 6.89. The highest BCUT2D eigenvalue weighted by molar-refractivity contribution is 5.93. The minimum absolute atomic E-state index is 0.125.